The number of aryl methyl sites for hydroxylation is 1. The van der Waals surface area contributed by atoms with E-state index >= 15 is 0 Å². The van der Waals surface area contributed by atoms with E-state index in [9.17, 15) is 4.79 Å². The number of aromatic nitrogens is 1. The van der Waals surface area contributed by atoms with Crippen LogP contribution >= 0.6 is 22.7 Å². The maximum atomic E-state index is 12.2. The van der Waals surface area contributed by atoms with E-state index in [4.69, 9.17) is 10.5 Å². The van der Waals surface area contributed by atoms with E-state index in [1.807, 2.05) is 25.1 Å². The number of carbonyl (C=O) groups is 1. The molecule has 0 aliphatic rings. The van der Waals surface area contributed by atoms with Crippen molar-refractivity contribution < 1.29 is 9.53 Å². The van der Waals surface area contributed by atoms with Crippen molar-refractivity contribution in [1.82, 2.24) is 4.98 Å². The van der Waals surface area contributed by atoms with Crippen LogP contribution in [0.25, 0.3) is 10.2 Å². The SMILES string of the molecule is COc1ccc2nc(NC(=O)c3cc(N)c(C)s3)sc2c1. The molecule has 7 heteroatoms. The van der Waals surface area contributed by atoms with Crippen LogP contribution in [0.4, 0.5) is 10.8 Å². The van der Waals surface area contributed by atoms with Crippen molar-refractivity contribution in [2.24, 2.45) is 0 Å². The summed E-state index contributed by atoms with van der Waals surface area (Å²) in [6, 6.07) is 7.30. The predicted molar refractivity (Wildman–Crippen MR) is 87.6 cm³/mol. The molecule has 0 unspecified atom stereocenters. The lowest BCUT2D eigenvalue weighted by molar-refractivity contribution is 0.103. The maximum absolute atomic E-state index is 12.2. The first-order chi connectivity index (χ1) is 10.1. The van der Waals surface area contributed by atoms with Crippen LogP contribution in [-0.4, -0.2) is 18.0 Å². The molecule has 0 bridgehead atoms. The number of hydrogen-bond donors (Lipinski definition) is 2. The Morgan fingerprint density at radius 1 is 1.33 bits per heavy atom. The topological polar surface area (TPSA) is 77.2 Å². The number of benzene rings is 1. The molecule has 108 valence electrons. The van der Waals surface area contributed by atoms with Crippen molar-refractivity contribution in [1.29, 1.82) is 0 Å². The minimum Gasteiger partial charge on any atom is -0.497 e. The lowest BCUT2D eigenvalue weighted by Crippen LogP contribution is -2.09. The lowest BCUT2D eigenvalue weighted by Gasteiger charge is -1.97. The molecule has 2 heterocycles. The van der Waals surface area contributed by atoms with Gasteiger partial charge in [0.1, 0.15) is 5.75 Å². The third kappa shape index (κ3) is 2.70. The number of amides is 1. The molecule has 2 aromatic heterocycles. The van der Waals surface area contributed by atoms with Gasteiger partial charge in [-0.2, -0.15) is 0 Å². The Morgan fingerprint density at radius 3 is 2.81 bits per heavy atom. The number of anilines is 2. The molecule has 3 rings (SSSR count). The van der Waals surface area contributed by atoms with Crippen LogP contribution in [0.15, 0.2) is 24.3 Å². The van der Waals surface area contributed by atoms with Gasteiger partial charge in [0.05, 0.1) is 22.2 Å². The smallest absolute Gasteiger partial charge is 0.267 e. The number of thiazole rings is 1. The second-order valence-corrected chi connectivity index (χ2v) is 6.72. The van der Waals surface area contributed by atoms with E-state index in [0.717, 1.165) is 20.8 Å². The summed E-state index contributed by atoms with van der Waals surface area (Å²) in [6.07, 6.45) is 0. The normalized spacial score (nSPS) is 10.8. The van der Waals surface area contributed by atoms with Gasteiger partial charge < -0.3 is 10.5 Å². The highest BCUT2D eigenvalue weighted by Crippen LogP contribution is 2.30. The molecule has 3 N–H and O–H groups in total. The standard InChI is InChI=1S/C14H13N3O2S2/c1-7-9(15)6-12(20-7)13(18)17-14-16-10-4-3-8(19-2)5-11(10)21-14/h3-6H,15H2,1-2H3,(H,16,17,18). The number of nitrogens with two attached hydrogens (primary N) is 1. The first-order valence-electron chi connectivity index (χ1n) is 6.18. The zero-order valence-electron chi connectivity index (χ0n) is 11.5. The number of ether oxygens (including phenoxy) is 1. The van der Waals surface area contributed by atoms with E-state index in [-0.39, 0.29) is 5.91 Å². The third-order valence-corrected chi connectivity index (χ3v) is 4.99. The van der Waals surface area contributed by atoms with Crippen molar-refractivity contribution in [2.45, 2.75) is 6.92 Å². The van der Waals surface area contributed by atoms with Crippen LogP contribution in [0.2, 0.25) is 0 Å². The fourth-order valence-electron chi connectivity index (χ4n) is 1.85. The van der Waals surface area contributed by atoms with Gasteiger partial charge in [0.15, 0.2) is 5.13 Å². The summed E-state index contributed by atoms with van der Waals surface area (Å²) >= 11 is 2.79. The van der Waals surface area contributed by atoms with Crippen LogP contribution in [0, 0.1) is 6.92 Å². The molecule has 0 fully saturated rings. The monoisotopic (exact) mass is 319 g/mol. The molecule has 1 amide bonds. The Labute approximate surface area is 129 Å². The highest BCUT2D eigenvalue weighted by atomic mass is 32.1. The van der Waals surface area contributed by atoms with E-state index < -0.39 is 0 Å². The van der Waals surface area contributed by atoms with Crippen LogP contribution in [0.1, 0.15) is 14.5 Å². The summed E-state index contributed by atoms with van der Waals surface area (Å²) in [5.74, 6) is 0.580. The average molecular weight is 319 g/mol. The van der Waals surface area contributed by atoms with Gasteiger partial charge in [-0.25, -0.2) is 4.98 Å². The van der Waals surface area contributed by atoms with Gasteiger partial charge in [0.2, 0.25) is 0 Å². The summed E-state index contributed by atoms with van der Waals surface area (Å²) in [7, 11) is 1.62. The van der Waals surface area contributed by atoms with Crippen molar-refractivity contribution >= 4 is 49.6 Å². The highest BCUT2D eigenvalue weighted by Gasteiger charge is 2.13. The first kappa shape index (κ1) is 13.8. The van der Waals surface area contributed by atoms with E-state index in [1.54, 1.807) is 13.2 Å². The molecular weight excluding hydrogens is 306 g/mol. The van der Waals surface area contributed by atoms with Crippen LogP contribution in [-0.2, 0) is 0 Å². The van der Waals surface area contributed by atoms with Gasteiger partial charge in [-0.05, 0) is 31.2 Å². The first-order valence-corrected chi connectivity index (χ1v) is 7.82. The Balaban J connectivity index is 1.85. The second kappa shape index (κ2) is 5.34. The quantitative estimate of drug-likeness (QED) is 0.774. The molecule has 0 aliphatic heterocycles. The molecule has 3 aromatic rings. The summed E-state index contributed by atoms with van der Waals surface area (Å²) < 4.78 is 6.14. The van der Waals surface area contributed by atoms with E-state index in [0.29, 0.717) is 15.7 Å². The molecule has 1 aromatic carbocycles. The zero-order valence-corrected chi connectivity index (χ0v) is 13.1. The number of nitrogen functional groups attached to an aromatic ring is 1. The molecule has 0 saturated heterocycles. The van der Waals surface area contributed by atoms with Gasteiger partial charge in [-0.15, -0.1) is 11.3 Å². The van der Waals surface area contributed by atoms with Gasteiger partial charge in [-0.1, -0.05) is 11.3 Å². The number of nitrogens with one attached hydrogen (secondary N) is 1. The zero-order chi connectivity index (χ0) is 15.0. The Morgan fingerprint density at radius 2 is 2.14 bits per heavy atom. The number of hydrogen-bond acceptors (Lipinski definition) is 6. The fourth-order valence-corrected chi connectivity index (χ4v) is 3.58. The molecule has 0 atom stereocenters. The second-order valence-electron chi connectivity index (χ2n) is 4.43. The number of carbonyl (C=O) groups excluding carboxylic acids is 1. The third-order valence-electron chi connectivity index (χ3n) is 3.00. The number of fused-ring (bicyclic) bond motifs is 1. The summed E-state index contributed by atoms with van der Waals surface area (Å²) in [4.78, 5) is 18.1. The van der Waals surface area contributed by atoms with Gasteiger partial charge >= 0.3 is 0 Å². The van der Waals surface area contributed by atoms with Crippen molar-refractivity contribution in [3.8, 4) is 5.75 Å². The Kier molecular flexibility index (Phi) is 3.52. The summed E-state index contributed by atoms with van der Waals surface area (Å²) in [6.45, 7) is 1.89. The van der Waals surface area contributed by atoms with Crippen molar-refractivity contribution in [3.63, 3.8) is 0 Å². The van der Waals surface area contributed by atoms with Crippen LogP contribution < -0.4 is 15.8 Å². The molecule has 0 aliphatic carbocycles. The lowest BCUT2D eigenvalue weighted by atomic mass is 10.3. The minimum atomic E-state index is -0.189. The highest BCUT2D eigenvalue weighted by molar-refractivity contribution is 7.22. The molecule has 21 heavy (non-hydrogen) atoms. The van der Waals surface area contributed by atoms with E-state index in [1.165, 1.54) is 22.7 Å². The molecule has 0 radical (unpaired) electrons. The van der Waals surface area contributed by atoms with Gasteiger partial charge in [-0.3, -0.25) is 10.1 Å². The number of nitrogens with zero attached hydrogens (tertiary/aromatic N) is 1. The Hall–Kier alpha value is -2.12. The number of rotatable bonds is 3. The largest absolute Gasteiger partial charge is 0.497 e. The predicted octanol–water partition coefficient (Wildman–Crippen LogP) is 3.51. The molecule has 0 spiro atoms. The number of thiophene rings is 1. The van der Waals surface area contributed by atoms with Crippen molar-refractivity contribution in [3.05, 3.63) is 34.0 Å². The molecular formula is C14H13N3O2S2. The van der Waals surface area contributed by atoms with Crippen LogP contribution in [0.5, 0.6) is 5.75 Å². The Bertz CT molecular complexity index is 803. The van der Waals surface area contributed by atoms with Crippen molar-refractivity contribution in [2.75, 3.05) is 18.2 Å². The van der Waals surface area contributed by atoms with E-state index in [2.05, 4.69) is 10.3 Å². The molecule has 0 saturated carbocycles. The van der Waals surface area contributed by atoms with Gasteiger partial charge in [0.25, 0.3) is 5.91 Å². The summed E-state index contributed by atoms with van der Waals surface area (Å²) in [5, 5.41) is 3.37. The summed E-state index contributed by atoms with van der Waals surface area (Å²) in [5.41, 5.74) is 7.24. The molecule has 5 nitrogen and oxygen atoms in total. The number of methoxy groups -OCH3 is 1. The van der Waals surface area contributed by atoms with Gasteiger partial charge in [0, 0.05) is 10.6 Å². The average Bonchev–Trinajstić information content (AvgIpc) is 3.01. The maximum Gasteiger partial charge on any atom is 0.267 e. The van der Waals surface area contributed by atoms with Crippen LogP contribution in [0.3, 0.4) is 0 Å². The minimum absolute atomic E-state index is 0.189. The fraction of sp³-hybridized carbons (Fsp3) is 0.143.